The number of amides is 2. The van der Waals surface area contributed by atoms with Gasteiger partial charge in [-0.05, 0) is 56.1 Å². The number of likely N-dealkylation sites (tertiary alicyclic amines) is 1. The van der Waals surface area contributed by atoms with Crippen LogP contribution in [0.2, 0.25) is 0 Å². The fraction of sp³-hybridized carbons (Fsp3) is 0.304. The van der Waals surface area contributed by atoms with Gasteiger partial charge in [0.1, 0.15) is 10.8 Å². The minimum absolute atomic E-state index is 0.225. The maximum absolute atomic E-state index is 13.0. The fourth-order valence-corrected chi connectivity index (χ4v) is 4.70. The van der Waals surface area contributed by atoms with Crippen LogP contribution in [0, 0.1) is 6.92 Å². The first kappa shape index (κ1) is 22.0. The van der Waals surface area contributed by atoms with E-state index < -0.39 is 0 Å². The molecule has 2 amide bonds. The predicted octanol–water partition coefficient (Wildman–Crippen LogP) is 3.37. The van der Waals surface area contributed by atoms with Gasteiger partial charge in [-0.25, -0.2) is 4.98 Å². The molecule has 8 nitrogen and oxygen atoms in total. The maximum Gasteiger partial charge on any atom is 0.258 e. The second kappa shape index (κ2) is 9.97. The van der Waals surface area contributed by atoms with E-state index in [1.165, 1.54) is 11.8 Å². The van der Waals surface area contributed by atoms with Gasteiger partial charge in [-0.3, -0.25) is 14.5 Å². The van der Waals surface area contributed by atoms with Gasteiger partial charge in [0.2, 0.25) is 5.91 Å². The number of carbonyl (C=O) groups is 2. The molecular formula is C23H25N5O3S. The molecular weight excluding hydrogens is 426 g/mol. The SMILES string of the molecule is Cc1cc(CSc2ncccc2C(=O)Nc2cccc(CN3CCCC3C(N)=O)c2)no1. The van der Waals surface area contributed by atoms with E-state index in [-0.39, 0.29) is 17.9 Å². The highest BCUT2D eigenvalue weighted by Gasteiger charge is 2.28. The number of aromatic nitrogens is 2. The molecule has 1 atom stereocenters. The van der Waals surface area contributed by atoms with Crippen LogP contribution in [0.5, 0.6) is 0 Å². The summed E-state index contributed by atoms with van der Waals surface area (Å²) in [7, 11) is 0. The Hall–Kier alpha value is -3.17. The lowest BCUT2D eigenvalue weighted by molar-refractivity contribution is -0.122. The van der Waals surface area contributed by atoms with E-state index in [0.717, 1.165) is 36.4 Å². The quantitative estimate of drug-likeness (QED) is 0.505. The van der Waals surface area contributed by atoms with Crippen molar-refractivity contribution in [2.24, 2.45) is 5.73 Å². The number of nitrogens with two attached hydrogens (primary N) is 1. The van der Waals surface area contributed by atoms with Crippen LogP contribution in [0.3, 0.4) is 0 Å². The van der Waals surface area contributed by atoms with Crippen molar-refractivity contribution in [2.45, 2.75) is 43.1 Å². The van der Waals surface area contributed by atoms with Crippen LogP contribution in [0.4, 0.5) is 5.69 Å². The van der Waals surface area contributed by atoms with Crippen LogP contribution < -0.4 is 11.1 Å². The Morgan fingerprint density at radius 3 is 2.94 bits per heavy atom. The summed E-state index contributed by atoms with van der Waals surface area (Å²) in [6.07, 6.45) is 3.42. The number of primary amides is 1. The first-order valence-electron chi connectivity index (χ1n) is 10.4. The third kappa shape index (κ3) is 5.35. The summed E-state index contributed by atoms with van der Waals surface area (Å²) in [6, 6.07) is 12.8. The van der Waals surface area contributed by atoms with E-state index in [9.17, 15) is 9.59 Å². The molecule has 0 radical (unpaired) electrons. The molecule has 3 aromatic rings. The first-order valence-corrected chi connectivity index (χ1v) is 11.4. The summed E-state index contributed by atoms with van der Waals surface area (Å²) in [5, 5.41) is 7.58. The molecule has 1 aliphatic rings. The highest BCUT2D eigenvalue weighted by Crippen LogP contribution is 2.25. The van der Waals surface area contributed by atoms with Crippen molar-refractivity contribution < 1.29 is 14.1 Å². The lowest BCUT2D eigenvalue weighted by Gasteiger charge is -2.22. The third-order valence-electron chi connectivity index (χ3n) is 5.31. The van der Waals surface area contributed by atoms with Crippen molar-refractivity contribution in [3.8, 4) is 0 Å². The number of hydrogen-bond donors (Lipinski definition) is 2. The van der Waals surface area contributed by atoms with Gasteiger partial charge in [0, 0.05) is 30.2 Å². The summed E-state index contributed by atoms with van der Waals surface area (Å²) in [5.41, 5.74) is 8.52. The molecule has 0 spiro atoms. The standard InChI is InChI=1S/C23H25N5O3S/c1-15-11-18(27-31-15)14-32-23-19(7-3-9-25-23)22(30)26-17-6-2-5-16(12-17)13-28-10-4-8-20(28)21(24)29/h2-3,5-7,9,11-12,20H,4,8,10,13-14H2,1H3,(H2,24,29)(H,26,30). The Morgan fingerprint density at radius 2 is 2.16 bits per heavy atom. The Bertz CT molecular complexity index is 1120. The number of rotatable bonds is 8. The second-order valence-electron chi connectivity index (χ2n) is 7.76. The Kier molecular flexibility index (Phi) is 6.87. The molecule has 1 saturated heterocycles. The Labute approximate surface area is 190 Å². The van der Waals surface area contributed by atoms with Crippen molar-refractivity contribution in [1.82, 2.24) is 15.0 Å². The molecule has 0 saturated carbocycles. The van der Waals surface area contributed by atoms with Gasteiger partial charge in [0.15, 0.2) is 0 Å². The van der Waals surface area contributed by atoms with E-state index >= 15 is 0 Å². The van der Waals surface area contributed by atoms with Gasteiger partial charge in [-0.15, -0.1) is 0 Å². The number of benzene rings is 1. The molecule has 3 heterocycles. The second-order valence-corrected chi connectivity index (χ2v) is 8.72. The molecule has 32 heavy (non-hydrogen) atoms. The summed E-state index contributed by atoms with van der Waals surface area (Å²) in [6.45, 7) is 3.29. The Balaban J connectivity index is 1.43. The van der Waals surface area contributed by atoms with E-state index in [2.05, 4.69) is 20.4 Å². The smallest absolute Gasteiger partial charge is 0.258 e. The van der Waals surface area contributed by atoms with E-state index in [4.69, 9.17) is 10.3 Å². The molecule has 1 aliphatic heterocycles. The monoisotopic (exact) mass is 451 g/mol. The van der Waals surface area contributed by atoms with Gasteiger partial charge in [0.05, 0.1) is 17.3 Å². The van der Waals surface area contributed by atoms with Crippen molar-refractivity contribution in [3.63, 3.8) is 0 Å². The summed E-state index contributed by atoms with van der Waals surface area (Å²) >= 11 is 1.43. The number of pyridine rings is 1. The fourth-order valence-electron chi connectivity index (χ4n) is 3.82. The Morgan fingerprint density at radius 1 is 1.28 bits per heavy atom. The average molecular weight is 452 g/mol. The van der Waals surface area contributed by atoms with E-state index in [1.54, 1.807) is 18.3 Å². The largest absolute Gasteiger partial charge is 0.368 e. The zero-order valence-corrected chi connectivity index (χ0v) is 18.6. The zero-order chi connectivity index (χ0) is 22.5. The van der Waals surface area contributed by atoms with Gasteiger partial charge in [-0.1, -0.05) is 29.1 Å². The molecule has 9 heteroatoms. The number of nitrogens with zero attached hydrogens (tertiary/aromatic N) is 3. The van der Waals surface area contributed by atoms with Gasteiger partial charge in [0.25, 0.3) is 5.91 Å². The molecule has 0 aliphatic carbocycles. The predicted molar refractivity (Wildman–Crippen MR) is 122 cm³/mol. The van der Waals surface area contributed by atoms with Crippen LogP contribution in [-0.2, 0) is 17.1 Å². The van der Waals surface area contributed by atoms with Gasteiger partial charge >= 0.3 is 0 Å². The molecule has 166 valence electrons. The number of hydrogen-bond acceptors (Lipinski definition) is 7. The molecule has 4 rings (SSSR count). The summed E-state index contributed by atoms with van der Waals surface area (Å²) < 4.78 is 5.10. The lowest BCUT2D eigenvalue weighted by Crippen LogP contribution is -2.39. The molecule has 1 fully saturated rings. The number of thioether (sulfide) groups is 1. The van der Waals surface area contributed by atoms with Gasteiger partial charge in [-0.2, -0.15) is 0 Å². The topological polar surface area (TPSA) is 114 Å². The normalized spacial score (nSPS) is 16.2. The highest BCUT2D eigenvalue weighted by molar-refractivity contribution is 7.98. The summed E-state index contributed by atoms with van der Waals surface area (Å²) in [5.74, 6) is 0.788. The van der Waals surface area contributed by atoms with Crippen molar-refractivity contribution in [2.75, 3.05) is 11.9 Å². The minimum atomic E-state index is -0.283. The number of nitrogens with one attached hydrogen (secondary N) is 1. The summed E-state index contributed by atoms with van der Waals surface area (Å²) in [4.78, 5) is 31.1. The van der Waals surface area contributed by atoms with Crippen LogP contribution >= 0.6 is 11.8 Å². The van der Waals surface area contributed by atoms with Crippen molar-refractivity contribution in [1.29, 1.82) is 0 Å². The van der Waals surface area contributed by atoms with E-state index in [0.29, 0.717) is 28.6 Å². The number of carbonyl (C=O) groups excluding carboxylic acids is 2. The molecule has 1 unspecified atom stereocenters. The van der Waals surface area contributed by atoms with Crippen LogP contribution in [0.25, 0.3) is 0 Å². The van der Waals surface area contributed by atoms with Crippen molar-refractivity contribution in [3.05, 3.63) is 71.2 Å². The average Bonchev–Trinajstić information content (AvgIpc) is 3.41. The number of anilines is 1. The van der Waals surface area contributed by atoms with Crippen molar-refractivity contribution >= 4 is 29.3 Å². The lowest BCUT2D eigenvalue weighted by atomic mass is 10.1. The number of aryl methyl sites for hydroxylation is 1. The third-order valence-corrected chi connectivity index (χ3v) is 6.35. The molecule has 3 N–H and O–H groups in total. The van der Waals surface area contributed by atoms with E-state index in [1.807, 2.05) is 37.3 Å². The molecule has 0 bridgehead atoms. The minimum Gasteiger partial charge on any atom is -0.368 e. The maximum atomic E-state index is 13.0. The van der Waals surface area contributed by atoms with Crippen LogP contribution in [0.1, 0.15) is 40.2 Å². The highest BCUT2D eigenvalue weighted by atomic mass is 32.2. The molecule has 2 aromatic heterocycles. The first-order chi connectivity index (χ1) is 15.5. The van der Waals surface area contributed by atoms with Crippen LogP contribution in [-0.4, -0.2) is 39.4 Å². The van der Waals surface area contributed by atoms with Gasteiger partial charge < -0.3 is 15.6 Å². The van der Waals surface area contributed by atoms with Crippen LogP contribution in [0.15, 0.2) is 58.2 Å². The molecule has 1 aromatic carbocycles. The zero-order valence-electron chi connectivity index (χ0n) is 17.8.